The number of amidine groups is 1. The molecule has 0 spiro atoms. The van der Waals surface area contributed by atoms with Gasteiger partial charge < -0.3 is 10.6 Å². The van der Waals surface area contributed by atoms with Crippen molar-refractivity contribution < 1.29 is 0 Å². The van der Waals surface area contributed by atoms with E-state index in [-0.39, 0.29) is 6.17 Å². The molecule has 0 fully saturated rings. The number of thiophene rings is 1. The minimum Gasteiger partial charge on any atom is -0.355 e. The van der Waals surface area contributed by atoms with Crippen LogP contribution < -0.4 is 10.6 Å². The van der Waals surface area contributed by atoms with Gasteiger partial charge in [0.2, 0.25) is 0 Å². The van der Waals surface area contributed by atoms with Crippen LogP contribution in [0.3, 0.4) is 0 Å². The van der Waals surface area contributed by atoms with Gasteiger partial charge in [-0.1, -0.05) is 176 Å². The second kappa shape index (κ2) is 14.7. The van der Waals surface area contributed by atoms with Crippen LogP contribution in [0.2, 0.25) is 0 Å². The molecule has 10 rings (SSSR count). The first-order valence-corrected chi connectivity index (χ1v) is 19.8. The fourth-order valence-corrected chi connectivity index (χ4v) is 9.19. The molecule has 0 saturated carbocycles. The number of nitrogens with one attached hydrogen (secondary N) is 2. The second-order valence-corrected chi connectivity index (χ2v) is 15.2. The van der Waals surface area contributed by atoms with Gasteiger partial charge in [0, 0.05) is 42.7 Å². The Bertz CT molecular complexity index is 2830. The number of anilines is 2. The van der Waals surface area contributed by atoms with Crippen molar-refractivity contribution in [2.45, 2.75) is 12.7 Å². The zero-order valence-electron chi connectivity index (χ0n) is 30.6. The summed E-state index contributed by atoms with van der Waals surface area (Å²) in [4.78, 5) is 0. The van der Waals surface area contributed by atoms with Crippen LogP contribution in [0.5, 0.6) is 0 Å². The van der Waals surface area contributed by atoms with E-state index in [1.165, 1.54) is 48.0 Å². The highest BCUT2D eigenvalue weighted by Crippen LogP contribution is 2.45. The molecule has 2 N–H and O–H groups in total. The van der Waals surface area contributed by atoms with Gasteiger partial charge >= 0.3 is 0 Å². The smallest absolute Gasteiger partial charge is 0.155 e. The fourth-order valence-electron chi connectivity index (χ4n) is 7.82. The van der Waals surface area contributed by atoms with Gasteiger partial charge in [0.25, 0.3) is 0 Å². The summed E-state index contributed by atoms with van der Waals surface area (Å²) in [6.45, 7) is 0.687. The summed E-state index contributed by atoms with van der Waals surface area (Å²) in [6, 6.07) is 71.2. The lowest BCUT2D eigenvalue weighted by atomic mass is 9.96. The first-order chi connectivity index (χ1) is 27.7. The number of hydrogen-bond donors (Lipinski definition) is 2. The van der Waals surface area contributed by atoms with E-state index in [1.54, 1.807) is 0 Å². The highest BCUT2D eigenvalue weighted by Gasteiger charge is 2.28. The second-order valence-electron chi connectivity index (χ2n) is 14.2. The van der Waals surface area contributed by atoms with E-state index in [1.807, 2.05) is 17.4 Å². The molecule has 9 aromatic rings. The van der Waals surface area contributed by atoms with Crippen LogP contribution in [-0.2, 0) is 6.54 Å². The third-order valence-corrected chi connectivity index (χ3v) is 11.8. The van der Waals surface area contributed by atoms with Gasteiger partial charge in [0.1, 0.15) is 6.17 Å². The normalized spacial score (nSPS) is 13.8. The lowest BCUT2D eigenvalue weighted by Crippen LogP contribution is -2.30. The Morgan fingerprint density at radius 3 is 1.73 bits per heavy atom. The van der Waals surface area contributed by atoms with E-state index in [2.05, 4.69) is 210 Å². The molecule has 4 nitrogen and oxygen atoms in total. The van der Waals surface area contributed by atoms with Crippen molar-refractivity contribution in [3.05, 3.63) is 217 Å². The van der Waals surface area contributed by atoms with Crippen LogP contribution in [0.15, 0.2) is 205 Å². The monoisotopic (exact) mass is 738 g/mol. The van der Waals surface area contributed by atoms with Crippen LogP contribution >= 0.6 is 11.3 Å². The average Bonchev–Trinajstić information content (AvgIpc) is 3.87. The van der Waals surface area contributed by atoms with E-state index in [4.69, 9.17) is 5.10 Å². The van der Waals surface area contributed by atoms with Gasteiger partial charge in [0.05, 0.1) is 6.54 Å². The predicted molar refractivity (Wildman–Crippen MR) is 236 cm³/mol. The molecule has 0 amide bonds. The largest absolute Gasteiger partial charge is 0.355 e. The van der Waals surface area contributed by atoms with Crippen LogP contribution in [0, 0.1) is 0 Å². The lowest BCUT2D eigenvalue weighted by molar-refractivity contribution is 0.209. The maximum Gasteiger partial charge on any atom is 0.155 e. The van der Waals surface area contributed by atoms with Crippen LogP contribution in [0.1, 0.15) is 22.9 Å². The summed E-state index contributed by atoms with van der Waals surface area (Å²) in [5.74, 6) is 0.872. The van der Waals surface area contributed by atoms with Crippen molar-refractivity contribution in [3.63, 3.8) is 0 Å². The number of fused-ring (bicyclic) bond motifs is 3. The molecule has 0 radical (unpaired) electrons. The standard InChI is InChI=1S/C51H38N4S/c1-5-16-35(17-6-1)34-55-51(53-50(54-55)38-22-11-4-12-23-38)40-24-13-25-41(32-40)52-47-31-30-39(33-46(47)37-20-9-3-10-21-37)43-27-15-29-45-44-28-14-26-42(48(44)56-49(43)45)36-18-7-2-8-19-36/h1-33,51-52H,34H2,(H,53,54). The molecular formula is C51H38N4S. The SMILES string of the molecule is c1ccc(CN2N=C(c3ccccc3)NC2c2cccc(Nc3ccc(-c4cccc5c4sc4c(-c6ccccc6)cccc45)cc3-c3ccccc3)c2)cc1. The number of hydrazone groups is 1. The molecule has 1 aliphatic rings. The summed E-state index contributed by atoms with van der Waals surface area (Å²) in [6.07, 6.45) is -0.132. The van der Waals surface area contributed by atoms with Crippen molar-refractivity contribution in [1.29, 1.82) is 0 Å². The van der Waals surface area contributed by atoms with Crippen LogP contribution in [0.4, 0.5) is 11.4 Å². The molecular weight excluding hydrogens is 701 g/mol. The highest BCUT2D eigenvalue weighted by molar-refractivity contribution is 7.26. The minimum absolute atomic E-state index is 0.132. The van der Waals surface area contributed by atoms with Gasteiger partial charge in [-0.2, -0.15) is 5.10 Å². The fraction of sp³-hybridized carbons (Fsp3) is 0.0392. The maximum absolute atomic E-state index is 5.09. The van der Waals surface area contributed by atoms with Crippen molar-refractivity contribution in [3.8, 4) is 33.4 Å². The van der Waals surface area contributed by atoms with Gasteiger partial charge in [-0.3, -0.25) is 5.01 Å². The van der Waals surface area contributed by atoms with Crippen molar-refractivity contribution in [1.82, 2.24) is 10.3 Å². The Labute approximate surface area is 331 Å². The van der Waals surface area contributed by atoms with Crippen molar-refractivity contribution >= 4 is 48.7 Å². The van der Waals surface area contributed by atoms with E-state index >= 15 is 0 Å². The molecule has 1 aliphatic heterocycles. The van der Waals surface area contributed by atoms with Crippen molar-refractivity contribution in [2.75, 3.05) is 5.32 Å². The van der Waals surface area contributed by atoms with Crippen LogP contribution in [-0.4, -0.2) is 10.8 Å². The molecule has 56 heavy (non-hydrogen) atoms. The summed E-state index contributed by atoms with van der Waals surface area (Å²) in [7, 11) is 0. The third kappa shape index (κ3) is 6.48. The van der Waals surface area contributed by atoms with E-state index < -0.39 is 0 Å². The average molecular weight is 739 g/mol. The molecule has 1 unspecified atom stereocenters. The van der Waals surface area contributed by atoms with Crippen LogP contribution in [0.25, 0.3) is 53.6 Å². The van der Waals surface area contributed by atoms with Gasteiger partial charge in [-0.05, 0) is 63.2 Å². The molecule has 1 aromatic heterocycles. The number of nitrogens with zero attached hydrogens (tertiary/aromatic N) is 2. The topological polar surface area (TPSA) is 39.7 Å². The summed E-state index contributed by atoms with van der Waals surface area (Å²) in [5.41, 5.74) is 12.7. The first-order valence-electron chi connectivity index (χ1n) is 19.0. The summed E-state index contributed by atoms with van der Waals surface area (Å²) in [5, 5.41) is 17.4. The maximum atomic E-state index is 5.09. The van der Waals surface area contributed by atoms with Crippen molar-refractivity contribution in [2.24, 2.45) is 5.10 Å². The Balaban J connectivity index is 1.01. The van der Waals surface area contributed by atoms with Gasteiger partial charge in [-0.25, -0.2) is 0 Å². The third-order valence-electron chi connectivity index (χ3n) is 10.5. The quantitative estimate of drug-likeness (QED) is 0.155. The molecule has 8 aromatic carbocycles. The van der Waals surface area contributed by atoms with Gasteiger partial charge in [-0.15, -0.1) is 11.3 Å². The predicted octanol–water partition coefficient (Wildman–Crippen LogP) is 13.3. The Hall–Kier alpha value is -6.95. The Morgan fingerprint density at radius 2 is 1.07 bits per heavy atom. The molecule has 0 saturated heterocycles. The Kier molecular flexibility index (Phi) is 8.82. The number of benzene rings is 8. The molecule has 0 bridgehead atoms. The summed E-state index contributed by atoms with van der Waals surface area (Å²) < 4.78 is 2.63. The zero-order valence-corrected chi connectivity index (χ0v) is 31.5. The molecule has 2 heterocycles. The number of hydrogen-bond acceptors (Lipinski definition) is 5. The molecule has 5 heteroatoms. The molecule has 1 atom stereocenters. The minimum atomic E-state index is -0.132. The summed E-state index contributed by atoms with van der Waals surface area (Å²) >= 11 is 1.89. The number of rotatable bonds is 9. The highest BCUT2D eigenvalue weighted by atomic mass is 32.1. The zero-order chi connectivity index (χ0) is 37.3. The van der Waals surface area contributed by atoms with E-state index in [9.17, 15) is 0 Å². The first kappa shape index (κ1) is 33.6. The van der Waals surface area contributed by atoms with Gasteiger partial charge in [0.15, 0.2) is 5.84 Å². The van der Waals surface area contributed by atoms with E-state index in [0.717, 1.165) is 39.5 Å². The lowest BCUT2D eigenvalue weighted by Gasteiger charge is -2.24. The molecule has 0 aliphatic carbocycles. The van der Waals surface area contributed by atoms with E-state index in [0.29, 0.717) is 6.54 Å². The Morgan fingerprint density at radius 1 is 0.500 bits per heavy atom. The molecule has 268 valence electrons.